The molecule has 1 fully saturated rings. The van der Waals surface area contributed by atoms with Crippen LogP contribution < -0.4 is 10.6 Å². The van der Waals surface area contributed by atoms with Crippen LogP contribution in [0.2, 0.25) is 0 Å². The number of halogens is 1. The Balaban J connectivity index is 0.00000312. The number of hydrogen-bond donors (Lipinski definition) is 2. The maximum atomic E-state index is 4.68. The minimum absolute atomic E-state index is 0. The lowest BCUT2D eigenvalue weighted by molar-refractivity contribution is 0.159. The van der Waals surface area contributed by atoms with Crippen molar-refractivity contribution in [1.29, 1.82) is 0 Å². The molecule has 0 spiro atoms. The van der Waals surface area contributed by atoms with Gasteiger partial charge in [-0.25, -0.2) is 9.98 Å². The van der Waals surface area contributed by atoms with Gasteiger partial charge < -0.3 is 15.5 Å². The van der Waals surface area contributed by atoms with Gasteiger partial charge in [0.2, 0.25) is 0 Å². The molecule has 1 aromatic heterocycles. The van der Waals surface area contributed by atoms with Crippen LogP contribution in [0, 0.1) is 18.8 Å². The lowest BCUT2D eigenvalue weighted by Gasteiger charge is -2.34. The summed E-state index contributed by atoms with van der Waals surface area (Å²) in [5.41, 5.74) is 0. The second-order valence-electron chi connectivity index (χ2n) is 7.10. The first kappa shape index (κ1) is 22.6. The number of rotatable bonds is 7. The molecule has 1 saturated heterocycles. The predicted octanol–water partition coefficient (Wildman–Crippen LogP) is 3.49. The smallest absolute Gasteiger partial charge is 0.191 e. The highest BCUT2D eigenvalue weighted by Gasteiger charge is 2.20. The number of piperidine rings is 1. The van der Waals surface area contributed by atoms with E-state index in [4.69, 9.17) is 0 Å². The quantitative estimate of drug-likeness (QED) is 0.357. The Hall–Kier alpha value is -0.410. The van der Waals surface area contributed by atoms with Crippen LogP contribution in [0.15, 0.2) is 11.2 Å². The molecule has 2 heterocycles. The molecule has 7 heteroatoms. The van der Waals surface area contributed by atoms with Gasteiger partial charge in [0.1, 0.15) is 5.01 Å². The van der Waals surface area contributed by atoms with Gasteiger partial charge in [0.25, 0.3) is 0 Å². The van der Waals surface area contributed by atoms with Gasteiger partial charge in [0.05, 0.1) is 6.54 Å². The summed E-state index contributed by atoms with van der Waals surface area (Å²) in [7, 11) is 0. The van der Waals surface area contributed by atoms with Crippen LogP contribution in [0.5, 0.6) is 0 Å². The van der Waals surface area contributed by atoms with Gasteiger partial charge in [-0.15, -0.1) is 35.3 Å². The van der Waals surface area contributed by atoms with Gasteiger partial charge in [0, 0.05) is 37.3 Å². The Kier molecular flexibility index (Phi) is 10.9. The van der Waals surface area contributed by atoms with E-state index in [-0.39, 0.29) is 24.0 Å². The number of nitrogens with zero attached hydrogens (tertiary/aromatic N) is 3. The molecular weight excluding hydrogens is 445 g/mol. The summed E-state index contributed by atoms with van der Waals surface area (Å²) in [6.45, 7) is 15.0. The molecule has 1 aromatic rings. The Morgan fingerprint density at radius 1 is 1.44 bits per heavy atom. The lowest BCUT2D eigenvalue weighted by atomic mass is 9.97. The third-order valence-electron chi connectivity index (χ3n) is 4.17. The van der Waals surface area contributed by atoms with Crippen molar-refractivity contribution in [3.8, 4) is 0 Å². The summed E-state index contributed by atoms with van der Waals surface area (Å²) in [5.74, 6) is 2.37. The molecule has 2 rings (SSSR count). The zero-order chi connectivity index (χ0) is 17.4. The second kappa shape index (κ2) is 12.1. The van der Waals surface area contributed by atoms with Crippen LogP contribution in [0.1, 0.15) is 43.5 Å². The summed E-state index contributed by atoms with van der Waals surface area (Å²) >= 11 is 1.72. The Morgan fingerprint density at radius 3 is 2.88 bits per heavy atom. The largest absolute Gasteiger partial charge is 0.357 e. The molecular formula is C18H34IN5S. The summed E-state index contributed by atoms with van der Waals surface area (Å²) in [6, 6.07) is 0. The highest BCUT2D eigenvalue weighted by atomic mass is 127. The van der Waals surface area contributed by atoms with Crippen LogP contribution in [0.25, 0.3) is 0 Å². The van der Waals surface area contributed by atoms with Crippen LogP contribution in [-0.4, -0.2) is 48.6 Å². The third kappa shape index (κ3) is 8.68. The van der Waals surface area contributed by atoms with Crippen molar-refractivity contribution in [2.75, 3.05) is 32.7 Å². The number of aryl methyl sites for hydroxylation is 1. The fourth-order valence-electron chi connectivity index (χ4n) is 3.20. The number of thiazole rings is 1. The highest BCUT2D eigenvalue weighted by Crippen LogP contribution is 2.17. The van der Waals surface area contributed by atoms with Crippen molar-refractivity contribution in [2.24, 2.45) is 16.8 Å². The van der Waals surface area contributed by atoms with Crippen molar-refractivity contribution in [3.05, 3.63) is 16.1 Å². The molecule has 1 aliphatic rings. The fraction of sp³-hybridized carbons (Fsp3) is 0.778. The molecule has 0 saturated carbocycles. The van der Waals surface area contributed by atoms with Crippen LogP contribution in [0.4, 0.5) is 0 Å². The standard InChI is InChI=1S/C18H33N5S.HI/c1-5-19-18(22-11-17-20-9-15(4)24-17)21-10-16-7-6-8-23(13-16)12-14(2)3;/h9,14,16H,5-8,10-13H2,1-4H3,(H2,19,21,22);1H. The van der Waals surface area contributed by atoms with E-state index in [0.717, 1.165) is 30.0 Å². The first-order valence-corrected chi connectivity index (χ1v) is 10.0. The van der Waals surface area contributed by atoms with E-state index >= 15 is 0 Å². The second-order valence-corrected chi connectivity index (χ2v) is 8.42. The lowest BCUT2D eigenvalue weighted by Crippen LogP contribution is -2.45. The minimum atomic E-state index is 0. The molecule has 0 amide bonds. The van der Waals surface area contributed by atoms with Crippen molar-refractivity contribution < 1.29 is 0 Å². The number of guanidine groups is 1. The van der Waals surface area contributed by atoms with Crippen molar-refractivity contribution in [3.63, 3.8) is 0 Å². The molecule has 1 unspecified atom stereocenters. The third-order valence-corrected chi connectivity index (χ3v) is 5.07. The number of hydrogen-bond acceptors (Lipinski definition) is 4. The Bertz CT molecular complexity index is 517. The zero-order valence-corrected chi connectivity index (χ0v) is 19.2. The van der Waals surface area contributed by atoms with E-state index in [0.29, 0.717) is 12.5 Å². The summed E-state index contributed by atoms with van der Waals surface area (Å²) in [4.78, 5) is 12.9. The van der Waals surface area contributed by atoms with Gasteiger partial charge in [-0.2, -0.15) is 0 Å². The van der Waals surface area contributed by atoms with Crippen LogP contribution in [0.3, 0.4) is 0 Å². The summed E-state index contributed by atoms with van der Waals surface area (Å²) < 4.78 is 0. The average Bonchev–Trinajstić information content (AvgIpc) is 2.95. The first-order valence-electron chi connectivity index (χ1n) is 9.22. The van der Waals surface area contributed by atoms with Gasteiger partial charge >= 0.3 is 0 Å². The maximum absolute atomic E-state index is 4.68. The number of aliphatic imine (C=N–C) groups is 1. The molecule has 1 atom stereocenters. The molecule has 0 radical (unpaired) electrons. The van der Waals surface area contributed by atoms with E-state index in [2.05, 4.69) is 53.2 Å². The predicted molar refractivity (Wildman–Crippen MR) is 119 cm³/mol. The monoisotopic (exact) mass is 479 g/mol. The Labute approximate surface area is 174 Å². The van der Waals surface area contributed by atoms with Crippen molar-refractivity contribution in [2.45, 2.75) is 47.1 Å². The fourth-order valence-corrected chi connectivity index (χ4v) is 3.92. The van der Waals surface area contributed by atoms with E-state index in [1.165, 1.54) is 37.4 Å². The number of likely N-dealkylation sites (tertiary alicyclic amines) is 1. The van der Waals surface area contributed by atoms with Gasteiger partial charge in [-0.1, -0.05) is 13.8 Å². The van der Waals surface area contributed by atoms with Crippen molar-refractivity contribution >= 4 is 41.3 Å². The van der Waals surface area contributed by atoms with Gasteiger partial charge in [-0.05, 0) is 45.1 Å². The van der Waals surface area contributed by atoms with E-state index < -0.39 is 0 Å². The van der Waals surface area contributed by atoms with E-state index in [1.807, 2.05) is 6.20 Å². The molecule has 0 aliphatic carbocycles. The molecule has 144 valence electrons. The number of nitrogens with one attached hydrogen (secondary N) is 2. The van der Waals surface area contributed by atoms with Crippen LogP contribution in [-0.2, 0) is 6.54 Å². The minimum Gasteiger partial charge on any atom is -0.357 e. The van der Waals surface area contributed by atoms with Gasteiger partial charge in [0.15, 0.2) is 5.96 Å². The zero-order valence-electron chi connectivity index (χ0n) is 16.0. The summed E-state index contributed by atoms with van der Waals surface area (Å²) in [6.07, 6.45) is 4.54. The maximum Gasteiger partial charge on any atom is 0.191 e. The van der Waals surface area contributed by atoms with E-state index in [9.17, 15) is 0 Å². The molecule has 1 aliphatic heterocycles. The molecule has 25 heavy (non-hydrogen) atoms. The van der Waals surface area contributed by atoms with Crippen molar-refractivity contribution in [1.82, 2.24) is 20.5 Å². The SMILES string of the molecule is CCNC(=NCc1ncc(C)s1)NCC1CCCN(CC(C)C)C1.I. The highest BCUT2D eigenvalue weighted by molar-refractivity contribution is 14.0. The van der Waals surface area contributed by atoms with Gasteiger partial charge in [-0.3, -0.25) is 0 Å². The van der Waals surface area contributed by atoms with Crippen LogP contribution >= 0.6 is 35.3 Å². The molecule has 5 nitrogen and oxygen atoms in total. The summed E-state index contributed by atoms with van der Waals surface area (Å²) in [5, 5.41) is 7.95. The average molecular weight is 479 g/mol. The molecule has 0 bridgehead atoms. The Morgan fingerprint density at radius 2 is 2.24 bits per heavy atom. The molecule has 2 N–H and O–H groups in total. The number of aromatic nitrogens is 1. The topological polar surface area (TPSA) is 52.6 Å². The normalized spacial score (nSPS) is 18.9. The molecule has 0 aromatic carbocycles. The van der Waals surface area contributed by atoms with E-state index in [1.54, 1.807) is 11.3 Å². The first-order chi connectivity index (χ1) is 11.6.